The molecule has 0 aliphatic rings. The van der Waals surface area contributed by atoms with Crippen LogP contribution in [0, 0.1) is 0 Å². The topological polar surface area (TPSA) is 79.5 Å². The molecule has 0 aliphatic carbocycles. The molecule has 21 heavy (non-hydrogen) atoms. The number of ether oxygens (including phenoxy) is 3. The zero-order valence-corrected chi connectivity index (χ0v) is 12.6. The molecule has 0 spiro atoms. The van der Waals surface area contributed by atoms with Gasteiger partial charge in [0.25, 0.3) is 0 Å². The maximum Gasteiger partial charge on any atom is 0.228 e. The van der Waals surface area contributed by atoms with Crippen molar-refractivity contribution in [1.82, 2.24) is 9.97 Å². The van der Waals surface area contributed by atoms with Crippen LogP contribution in [0.4, 0.5) is 5.82 Å². The third-order valence-electron chi connectivity index (χ3n) is 3.04. The summed E-state index contributed by atoms with van der Waals surface area (Å²) in [6.45, 7) is 4.00. The highest BCUT2D eigenvalue weighted by atomic mass is 16.5. The number of hydrogen-bond donors (Lipinski definition) is 1. The Morgan fingerprint density at radius 3 is 2.19 bits per heavy atom. The SMILES string of the molecule is COc1cccc(OC)c1Oc1ncnc(N)c1C(C)C. The van der Waals surface area contributed by atoms with Gasteiger partial charge >= 0.3 is 0 Å². The summed E-state index contributed by atoms with van der Waals surface area (Å²) >= 11 is 0. The van der Waals surface area contributed by atoms with E-state index >= 15 is 0 Å². The van der Waals surface area contributed by atoms with Crippen molar-refractivity contribution < 1.29 is 14.2 Å². The molecule has 0 aliphatic heterocycles. The maximum absolute atomic E-state index is 5.92. The average molecular weight is 289 g/mol. The monoisotopic (exact) mass is 289 g/mol. The summed E-state index contributed by atoms with van der Waals surface area (Å²) in [5.74, 6) is 2.51. The zero-order chi connectivity index (χ0) is 15.4. The number of aromatic nitrogens is 2. The quantitative estimate of drug-likeness (QED) is 0.911. The van der Waals surface area contributed by atoms with E-state index in [1.54, 1.807) is 26.4 Å². The van der Waals surface area contributed by atoms with Crippen molar-refractivity contribution in [2.45, 2.75) is 19.8 Å². The summed E-state index contributed by atoms with van der Waals surface area (Å²) in [7, 11) is 3.14. The van der Waals surface area contributed by atoms with Crippen LogP contribution in [-0.4, -0.2) is 24.2 Å². The van der Waals surface area contributed by atoms with Crippen LogP contribution in [0.25, 0.3) is 0 Å². The highest BCUT2D eigenvalue weighted by molar-refractivity contribution is 5.55. The summed E-state index contributed by atoms with van der Waals surface area (Å²) in [4.78, 5) is 8.19. The number of rotatable bonds is 5. The highest BCUT2D eigenvalue weighted by Gasteiger charge is 2.19. The van der Waals surface area contributed by atoms with E-state index in [2.05, 4.69) is 9.97 Å². The molecule has 2 N–H and O–H groups in total. The lowest BCUT2D eigenvalue weighted by Crippen LogP contribution is -2.05. The lowest BCUT2D eigenvalue weighted by Gasteiger charge is -2.17. The Bertz CT molecular complexity index is 607. The van der Waals surface area contributed by atoms with Gasteiger partial charge in [0.15, 0.2) is 11.5 Å². The maximum atomic E-state index is 5.92. The highest BCUT2D eigenvalue weighted by Crippen LogP contribution is 2.41. The molecule has 2 aromatic rings. The predicted molar refractivity (Wildman–Crippen MR) is 80.2 cm³/mol. The largest absolute Gasteiger partial charge is 0.493 e. The first-order valence-electron chi connectivity index (χ1n) is 6.57. The Balaban J connectivity index is 2.50. The molecule has 0 fully saturated rings. The first-order chi connectivity index (χ1) is 10.1. The zero-order valence-electron chi connectivity index (χ0n) is 12.6. The summed E-state index contributed by atoms with van der Waals surface area (Å²) in [5, 5.41) is 0. The number of anilines is 1. The summed E-state index contributed by atoms with van der Waals surface area (Å²) in [6, 6.07) is 5.40. The van der Waals surface area contributed by atoms with Gasteiger partial charge in [-0.3, -0.25) is 0 Å². The van der Waals surface area contributed by atoms with Crippen LogP contribution in [0.5, 0.6) is 23.1 Å². The van der Waals surface area contributed by atoms with Gasteiger partial charge in [0.05, 0.1) is 19.8 Å². The van der Waals surface area contributed by atoms with E-state index in [-0.39, 0.29) is 5.92 Å². The first-order valence-corrected chi connectivity index (χ1v) is 6.57. The number of hydrogen-bond acceptors (Lipinski definition) is 6. The molecular formula is C15H19N3O3. The normalized spacial score (nSPS) is 10.5. The lowest BCUT2D eigenvalue weighted by molar-refractivity contribution is 0.340. The average Bonchev–Trinajstić information content (AvgIpc) is 2.47. The molecule has 0 saturated heterocycles. The Hall–Kier alpha value is -2.50. The second-order valence-corrected chi connectivity index (χ2v) is 4.73. The van der Waals surface area contributed by atoms with Crippen molar-refractivity contribution in [2.75, 3.05) is 20.0 Å². The predicted octanol–water partition coefficient (Wildman–Crippen LogP) is 2.99. The van der Waals surface area contributed by atoms with Gasteiger partial charge in [0, 0.05) is 0 Å². The molecule has 1 aromatic heterocycles. The van der Waals surface area contributed by atoms with Crippen molar-refractivity contribution in [2.24, 2.45) is 0 Å². The Kier molecular flexibility index (Phi) is 4.47. The second kappa shape index (κ2) is 6.30. The lowest BCUT2D eigenvalue weighted by atomic mass is 10.1. The van der Waals surface area contributed by atoms with E-state index in [1.165, 1.54) is 6.33 Å². The van der Waals surface area contributed by atoms with Gasteiger partial charge in [-0.15, -0.1) is 0 Å². The van der Waals surface area contributed by atoms with Crippen LogP contribution in [-0.2, 0) is 0 Å². The van der Waals surface area contributed by atoms with E-state index in [1.807, 2.05) is 19.9 Å². The minimum absolute atomic E-state index is 0.127. The van der Waals surface area contributed by atoms with Crippen LogP contribution in [0.15, 0.2) is 24.5 Å². The van der Waals surface area contributed by atoms with Gasteiger partial charge in [-0.25, -0.2) is 9.97 Å². The Labute approximate surface area is 123 Å². The van der Waals surface area contributed by atoms with E-state index in [9.17, 15) is 0 Å². The van der Waals surface area contributed by atoms with E-state index < -0.39 is 0 Å². The van der Waals surface area contributed by atoms with Crippen LogP contribution in [0.1, 0.15) is 25.3 Å². The molecule has 6 heteroatoms. The molecule has 0 radical (unpaired) electrons. The third-order valence-corrected chi connectivity index (χ3v) is 3.04. The first kappa shape index (κ1) is 14.9. The summed E-state index contributed by atoms with van der Waals surface area (Å²) < 4.78 is 16.5. The van der Waals surface area contributed by atoms with Crippen molar-refractivity contribution in [3.05, 3.63) is 30.1 Å². The fraction of sp³-hybridized carbons (Fsp3) is 0.333. The fourth-order valence-electron chi connectivity index (χ4n) is 2.03. The van der Waals surface area contributed by atoms with Crippen LogP contribution >= 0.6 is 0 Å². The standard InChI is InChI=1S/C15H19N3O3/c1-9(2)12-14(16)17-8-18-15(12)21-13-10(19-3)6-5-7-11(13)20-4/h5-9H,1-4H3,(H2,16,17,18). The van der Waals surface area contributed by atoms with Crippen LogP contribution in [0.3, 0.4) is 0 Å². The Morgan fingerprint density at radius 2 is 1.67 bits per heavy atom. The number of nitrogens with two attached hydrogens (primary N) is 1. The Morgan fingerprint density at radius 1 is 1.05 bits per heavy atom. The molecule has 1 heterocycles. The van der Waals surface area contributed by atoms with Gasteiger partial charge in [0.1, 0.15) is 12.1 Å². The molecule has 6 nitrogen and oxygen atoms in total. The molecule has 0 atom stereocenters. The van der Waals surface area contributed by atoms with Crippen molar-refractivity contribution >= 4 is 5.82 Å². The van der Waals surface area contributed by atoms with E-state index in [0.717, 1.165) is 5.56 Å². The smallest absolute Gasteiger partial charge is 0.228 e. The van der Waals surface area contributed by atoms with Gasteiger partial charge in [-0.2, -0.15) is 0 Å². The molecule has 0 unspecified atom stereocenters. The summed E-state index contributed by atoms with van der Waals surface area (Å²) in [6.07, 6.45) is 1.37. The second-order valence-electron chi connectivity index (χ2n) is 4.73. The number of nitrogen functional groups attached to an aromatic ring is 1. The molecule has 0 saturated carbocycles. The fourth-order valence-corrected chi connectivity index (χ4v) is 2.03. The van der Waals surface area contributed by atoms with Crippen molar-refractivity contribution in [3.63, 3.8) is 0 Å². The molecule has 0 bridgehead atoms. The minimum Gasteiger partial charge on any atom is -0.493 e. The molecular weight excluding hydrogens is 270 g/mol. The van der Waals surface area contributed by atoms with Gasteiger partial charge in [0.2, 0.25) is 11.6 Å². The van der Waals surface area contributed by atoms with Gasteiger partial charge in [-0.05, 0) is 18.1 Å². The molecule has 112 valence electrons. The minimum atomic E-state index is 0.127. The summed E-state index contributed by atoms with van der Waals surface area (Å²) in [5.41, 5.74) is 6.68. The number of nitrogens with zero attached hydrogens (tertiary/aromatic N) is 2. The van der Waals surface area contributed by atoms with Crippen LogP contribution < -0.4 is 19.9 Å². The van der Waals surface area contributed by atoms with E-state index in [4.69, 9.17) is 19.9 Å². The molecule has 2 rings (SSSR count). The van der Waals surface area contributed by atoms with Gasteiger partial charge < -0.3 is 19.9 Å². The van der Waals surface area contributed by atoms with Gasteiger partial charge in [-0.1, -0.05) is 19.9 Å². The van der Waals surface area contributed by atoms with Crippen molar-refractivity contribution in [3.8, 4) is 23.1 Å². The number of para-hydroxylation sites is 1. The molecule has 0 amide bonds. The number of benzene rings is 1. The van der Waals surface area contributed by atoms with Crippen molar-refractivity contribution in [1.29, 1.82) is 0 Å². The molecule has 1 aromatic carbocycles. The third kappa shape index (κ3) is 2.99. The number of methoxy groups -OCH3 is 2. The van der Waals surface area contributed by atoms with E-state index in [0.29, 0.717) is 28.9 Å². The van der Waals surface area contributed by atoms with Crippen LogP contribution in [0.2, 0.25) is 0 Å².